The predicted molar refractivity (Wildman–Crippen MR) is 222 cm³/mol. The average molecular weight is 804 g/mol. The zero-order valence-electron chi connectivity index (χ0n) is 33.0. The Bertz CT molecular complexity index is 2950. The summed E-state index contributed by atoms with van der Waals surface area (Å²) in [6, 6.07) is 17.0. The number of nitrogens with two attached hydrogens (primary N) is 1. The highest BCUT2D eigenvalue weighted by molar-refractivity contribution is 5.77. The fourth-order valence-electron chi connectivity index (χ4n) is 8.27. The quantitative estimate of drug-likeness (QED) is 0.177. The van der Waals surface area contributed by atoms with Crippen LogP contribution in [-0.4, -0.2) is 44.1 Å². The van der Waals surface area contributed by atoms with Gasteiger partial charge in [0.15, 0.2) is 29.0 Å². The first kappa shape index (κ1) is 36.9. The predicted octanol–water partition coefficient (Wildman–Crippen LogP) is 8.76. The SMILES string of the molecule is CCn1ncc2c1-c1cnc(Nc3nn(CC)c4c3Cn3ccnc3-c3ccc(F)cc3[C@@H](C)Oc3cc-4cnc3N)c(c1)OCc1cc(F)ccc1-c1ncccc1C2. The number of nitrogen functional groups attached to an aromatic ring is 1. The second-order valence-electron chi connectivity index (χ2n) is 14.8. The highest BCUT2D eigenvalue weighted by Gasteiger charge is 2.27. The van der Waals surface area contributed by atoms with E-state index >= 15 is 0 Å². The molecule has 0 aliphatic carbocycles. The van der Waals surface area contributed by atoms with E-state index in [1.54, 1.807) is 36.9 Å². The highest BCUT2D eigenvalue weighted by Crippen LogP contribution is 2.41. The molecule has 0 spiro atoms. The van der Waals surface area contributed by atoms with Gasteiger partial charge in [-0.15, -0.1) is 0 Å². The summed E-state index contributed by atoms with van der Waals surface area (Å²) in [5.74, 6) is 1.71. The third-order valence-corrected chi connectivity index (χ3v) is 11.1. The number of anilines is 3. The molecule has 0 saturated heterocycles. The van der Waals surface area contributed by atoms with Gasteiger partial charge in [-0.3, -0.25) is 14.3 Å². The summed E-state index contributed by atoms with van der Waals surface area (Å²) >= 11 is 0. The second-order valence-corrected chi connectivity index (χ2v) is 14.8. The average Bonchev–Trinajstić information content (AvgIpc) is 3.98. The standard InChI is InChI=1S/C45H39F2N11O2/c1-4-57-40-27(22-53-57)15-26-7-6-12-49-39(26)33-10-8-31(46)16-30(33)24-59-38-18-28(40)21-52-44(38)54-43-36-23-56-14-13-50-45(56)34-11-9-32(47)19-35(34)25(3)60-37-17-29(20-51-42(37)48)41(36)58(5-2)55-43/h6-14,16-22,25H,4-5,15,23-24H2,1-3H3,(H2,48,51)(H,52,54,55)/t25-/m1/s1. The van der Waals surface area contributed by atoms with Gasteiger partial charge in [0.05, 0.1) is 29.8 Å². The Morgan fingerprint density at radius 2 is 1.57 bits per heavy atom. The molecule has 3 N–H and O–H groups in total. The fourth-order valence-corrected chi connectivity index (χ4v) is 8.27. The monoisotopic (exact) mass is 803 g/mol. The van der Waals surface area contributed by atoms with Gasteiger partial charge in [0.2, 0.25) is 0 Å². The minimum absolute atomic E-state index is 0.0288. The molecular weight excluding hydrogens is 765 g/mol. The molecule has 8 heterocycles. The van der Waals surface area contributed by atoms with Gasteiger partial charge in [-0.2, -0.15) is 10.2 Å². The van der Waals surface area contributed by atoms with Gasteiger partial charge in [-0.05, 0) is 80.9 Å². The molecule has 15 heteroatoms. The molecular formula is C45H39F2N11O2. The third-order valence-electron chi connectivity index (χ3n) is 11.1. The van der Waals surface area contributed by atoms with Crippen molar-refractivity contribution in [3.05, 3.63) is 137 Å². The fraction of sp³-hybridized carbons (Fsp3) is 0.200. The summed E-state index contributed by atoms with van der Waals surface area (Å²) < 4.78 is 48.7. The Morgan fingerprint density at radius 3 is 2.42 bits per heavy atom. The molecule has 4 bridgehead atoms. The van der Waals surface area contributed by atoms with E-state index in [1.807, 2.05) is 71.4 Å². The number of nitrogens with one attached hydrogen (secondary N) is 1. The number of benzene rings is 2. The van der Waals surface area contributed by atoms with Gasteiger partial charge < -0.3 is 25.1 Å². The molecule has 2 aliphatic rings. The molecule has 0 unspecified atom stereocenters. The van der Waals surface area contributed by atoms with Crippen LogP contribution in [0.2, 0.25) is 0 Å². The van der Waals surface area contributed by atoms with Crippen LogP contribution in [0.15, 0.2) is 97.8 Å². The molecule has 60 heavy (non-hydrogen) atoms. The van der Waals surface area contributed by atoms with Crippen molar-refractivity contribution >= 4 is 17.5 Å². The number of imidazole rings is 1. The first-order valence-corrected chi connectivity index (χ1v) is 19.8. The van der Waals surface area contributed by atoms with Crippen molar-refractivity contribution in [1.82, 2.24) is 44.1 Å². The number of nitrogens with zero attached hydrogens (tertiary/aromatic N) is 9. The van der Waals surface area contributed by atoms with Crippen molar-refractivity contribution in [3.63, 3.8) is 0 Å². The molecule has 10 rings (SSSR count). The maximum atomic E-state index is 14.9. The van der Waals surface area contributed by atoms with Crippen LogP contribution in [0, 0.1) is 11.6 Å². The molecule has 2 aromatic carbocycles. The van der Waals surface area contributed by atoms with Crippen molar-refractivity contribution < 1.29 is 18.3 Å². The molecule has 1 atom stereocenters. The molecule has 0 fully saturated rings. The van der Waals surface area contributed by atoms with Crippen molar-refractivity contribution in [2.75, 3.05) is 11.1 Å². The third kappa shape index (κ3) is 6.38. The lowest BCUT2D eigenvalue weighted by Crippen LogP contribution is -2.12. The summed E-state index contributed by atoms with van der Waals surface area (Å²) in [7, 11) is 0. The number of hydrogen-bond acceptors (Lipinski definition) is 10. The van der Waals surface area contributed by atoms with Gasteiger partial charge in [-0.25, -0.2) is 23.7 Å². The smallest absolute Gasteiger partial charge is 0.174 e. The van der Waals surface area contributed by atoms with E-state index in [1.165, 1.54) is 24.3 Å². The van der Waals surface area contributed by atoms with Gasteiger partial charge >= 0.3 is 0 Å². The number of ether oxygens (including phenoxy) is 2. The molecule has 300 valence electrons. The maximum Gasteiger partial charge on any atom is 0.174 e. The molecule has 8 aromatic rings. The number of halogens is 2. The largest absolute Gasteiger partial charge is 0.485 e. The van der Waals surface area contributed by atoms with Crippen LogP contribution in [0.5, 0.6) is 11.5 Å². The summed E-state index contributed by atoms with van der Waals surface area (Å²) in [4.78, 5) is 19.0. The lowest BCUT2D eigenvalue weighted by atomic mass is 9.95. The highest BCUT2D eigenvalue weighted by atomic mass is 19.1. The first-order chi connectivity index (χ1) is 29.3. The van der Waals surface area contributed by atoms with Crippen molar-refractivity contribution in [2.24, 2.45) is 0 Å². The van der Waals surface area contributed by atoms with Gasteiger partial charge in [0.25, 0.3) is 0 Å². The van der Waals surface area contributed by atoms with Gasteiger partial charge in [-0.1, -0.05) is 6.07 Å². The van der Waals surface area contributed by atoms with Crippen LogP contribution in [-0.2, 0) is 32.7 Å². The van der Waals surface area contributed by atoms with Gasteiger partial charge in [0, 0.05) is 95.0 Å². The Labute approximate surface area is 343 Å². The van der Waals surface area contributed by atoms with Crippen molar-refractivity contribution in [1.29, 1.82) is 0 Å². The summed E-state index contributed by atoms with van der Waals surface area (Å²) in [5, 5.41) is 13.4. The summed E-state index contributed by atoms with van der Waals surface area (Å²) in [6.45, 7) is 7.39. The second kappa shape index (κ2) is 14.8. The Morgan fingerprint density at radius 1 is 0.783 bits per heavy atom. The Hall–Kier alpha value is -7.42. The van der Waals surface area contributed by atoms with E-state index in [4.69, 9.17) is 40.4 Å². The zero-order chi connectivity index (χ0) is 41.1. The summed E-state index contributed by atoms with van der Waals surface area (Å²) in [6.07, 6.45) is 10.7. The van der Waals surface area contributed by atoms with E-state index in [2.05, 4.69) is 10.3 Å². The number of rotatable bonds is 4. The zero-order valence-corrected chi connectivity index (χ0v) is 33.0. The van der Waals surface area contributed by atoms with Crippen molar-refractivity contribution in [3.8, 4) is 56.7 Å². The molecule has 13 nitrogen and oxygen atoms in total. The number of aryl methyl sites for hydroxylation is 2. The van der Waals surface area contributed by atoms with E-state index in [9.17, 15) is 8.78 Å². The van der Waals surface area contributed by atoms with E-state index < -0.39 is 11.9 Å². The van der Waals surface area contributed by atoms with Crippen LogP contribution in [0.25, 0.3) is 45.2 Å². The van der Waals surface area contributed by atoms with Crippen LogP contribution in [0.3, 0.4) is 0 Å². The van der Waals surface area contributed by atoms with Crippen LogP contribution in [0.4, 0.5) is 26.2 Å². The number of fused-ring (bicyclic) bond motifs is 14. The number of aromatic nitrogens is 9. The van der Waals surface area contributed by atoms with Crippen LogP contribution >= 0.6 is 0 Å². The van der Waals surface area contributed by atoms with Crippen LogP contribution in [0.1, 0.15) is 54.7 Å². The van der Waals surface area contributed by atoms with Gasteiger partial charge in [0.1, 0.15) is 30.2 Å². The van der Waals surface area contributed by atoms with E-state index in [-0.39, 0.29) is 18.2 Å². The molecule has 0 amide bonds. The normalized spacial score (nSPS) is 14.2. The van der Waals surface area contributed by atoms with Crippen LogP contribution < -0.4 is 20.5 Å². The first-order valence-electron chi connectivity index (χ1n) is 19.8. The molecule has 6 aromatic heterocycles. The lowest BCUT2D eigenvalue weighted by molar-refractivity contribution is 0.227. The number of pyridine rings is 3. The van der Waals surface area contributed by atoms with E-state index in [0.717, 1.165) is 44.9 Å². The number of hydrogen-bond donors (Lipinski definition) is 2. The van der Waals surface area contributed by atoms with Crippen molar-refractivity contribution in [2.45, 2.75) is 59.5 Å². The topological polar surface area (TPSA) is 149 Å². The summed E-state index contributed by atoms with van der Waals surface area (Å²) in [5.41, 5.74) is 15.8. The Kier molecular flexibility index (Phi) is 9.07. The molecule has 0 saturated carbocycles. The molecule has 2 aliphatic heterocycles. The lowest BCUT2D eigenvalue weighted by Gasteiger charge is -2.22. The minimum atomic E-state index is -0.588. The minimum Gasteiger partial charge on any atom is -0.485 e. The van der Waals surface area contributed by atoms with E-state index in [0.29, 0.717) is 77.3 Å². The maximum absolute atomic E-state index is 14.9. The molecule has 0 radical (unpaired) electrons. The Balaban J connectivity index is 1.14.